The Balaban J connectivity index is 2.34. The lowest BCUT2D eigenvalue weighted by Gasteiger charge is -2.36. The molecule has 2 nitrogen and oxygen atoms in total. The fourth-order valence-electron chi connectivity index (χ4n) is 2.34. The topological polar surface area (TPSA) is 35.2 Å². The molecule has 0 radical (unpaired) electrons. The van der Waals surface area contributed by atoms with E-state index in [0.717, 1.165) is 12.3 Å². The molecule has 90 valence electrons. The first kappa shape index (κ1) is 13.0. The Morgan fingerprint density at radius 1 is 1.20 bits per heavy atom. The summed E-state index contributed by atoms with van der Waals surface area (Å²) in [4.78, 5) is 0. The van der Waals surface area contributed by atoms with E-state index >= 15 is 0 Å². The van der Waals surface area contributed by atoms with Gasteiger partial charge in [-0.1, -0.05) is 20.3 Å². The van der Waals surface area contributed by atoms with Crippen LogP contribution < -0.4 is 5.73 Å². The van der Waals surface area contributed by atoms with Gasteiger partial charge in [0, 0.05) is 6.54 Å². The fraction of sp³-hybridized carbons (Fsp3) is 1.00. The minimum Gasteiger partial charge on any atom is -0.371 e. The standard InChI is InChI=1S/C13H27NO/c1-4-11-6-8-12(9-7-11)15-13(3,5-2)10-14/h11-12H,4-10,14H2,1-3H3. The summed E-state index contributed by atoms with van der Waals surface area (Å²) in [5.74, 6) is 0.940. The van der Waals surface area contributed by atoms with Gasteiger partial charge in [-0.2, -0.15) is 0 Å². The molecule has 0 heterocycles. The quantitative estimate of drug-likeness (QED) is 0.761. The Morgan fingerprint density at radius 2 is 1.80 bits per heavy atom. The van der Waals surface area contributed by atoms with Gasteiger partial charge in [-0.25, -0.2) is 0 Å². The Labute approximate surface area is 94.6 Å². The molecule has 1 aliphatic carbocycles. The molecular formula is C13H27NO. The van der Waals surface area contributed by atoms with Gasteiger partial charge < -0.3 is 10.5 Å². The second-order valence-electron chi connectivity index (χ2n) is 5.18. The highest BCUT2D eigenvalue weighted by molar-refractivity contribution is 4.79. The molecule has 0 amide bonds. The molecule has 1 saturated carbocycles. The molecule has 0 aromatic carbocycles. The lowest BCUT2D eigenvalue weighted by atomic mass is 9.85. The summed E-state index contributed by atoms with van der Waals surface area (Å²) in [5, 5.41) is 0. The van der Waals surface area contributed by atoms with Crippen molar-refractivity contribution in [2.45, 2.75) is 71.0 Å². The third-order valence-electron chi connectivity index (χ3n) is 4.00. The van der Waals surface area contributed by atoms with Crippen molar-refractivity contribution in [3.63, 3.8) is 0 Å². The van der Waals surface area contributed by atoms with Crippen LogP contribution in [0.4, 0.5) is 0 Å². The van der Waals surface area contributed by atoms with E-state index in [0.29, 0.717) is 12.6 Å². The molecule has 1 unspecified atom stereocenters. The maximum Gasteiger partial charge on any atom is 0.0777 e. The molecular weight excluding hydrogens is 186 g/mol. The van der Waals surface area contributed by atoms with Gasteiger partial charge in [0.1, 0.15) is 0 Å². The minimum absolute atomic E-state index is 0.0935. The maximum absolute atomic E-state index is 6.15. The SMILES string of the molecule is CCC1CCC(OC(C)(CC)CN)CC1. The molecule has 15 heavy (non-hydrogen) atoms. The van der Waals surface area contributed by atoms with Crippen LogP contribution in [0.1, 0.15) is 59.3 Å². The first-order valence-corrected chi connectivity index (χ1v) is 6.51. The van der Waals surface area contributed by atoms with Crippen LogP contribution in [0.15, 0.2) is 0 Å². The van der Waals surface area contributed by atoms with Crippen LogP contribution in [0.3, 0.4) is 0 Å². The second kappa shape index (κ2) is 5.86. The molecule has 1 aliphatic rings. The largest absolute Gasteiger partial charge is 0.371 e. The Bertz CT molecular complexity index is 169. The van der Waals surface area contributed by atoms with Crippen molar-refractivity contribution >= 4 is 0 Å². The van der Waals surface area contributed by atoms with E-state index in [-0.39, 0.29) is 5.60 Å². The zero-order valence-electron chi connectivity index (χ0n) is 10.6. The zero-order chi connectivity index (χ0) is 11.3. The van der Waals surface area contributed by atoms with Crippen molar-refractivity contribution in [2.24, 2.45) is 11.7 Å². The van der Waals surface area contributed by atoms with Gasteiger partial charge in [0.25, 0.3) is 0 Å². The van der Waals surface area contributed by atoms with Gasteiger partial charge in [0.05, 0.1) is 11.7 Å². The van der Waals surface area contributed by atoms with Crippen LogP contribution in [0, 0.1) is 5.92 Å². The molecule has 1 rings (SSSR count). The van der Waals surface area contributed by atoms with E-state index in [9.17, 15) is 0 Å². The molecule has 2 N–H and O–H groups in total. The predicted molar refractivity (Wildman–Crippen MR) is 64.9 cm³/mol. The summed E-state index contributed by atoms with van der Waals surface area (Å²) in [5.41, 5.74) is 5.67. The van der Waals surface area contributed by atoms with Gasteiger partial charge >= 0.3 is 0 Å². The molecule has 0 aromatic rings. The van der Waals surface area contributed by atoms with Gasteiger partial charge in [-0.3, -0.25) is 0 Å². The summed E-state index contributed by atoms with van der Waals surface area (Å²) in [6.07, 6.45) is 7.94. The van der Waals surface area contributed by atoms with Crippen molar-refractivity contribution in [1.82, 2.24) is 0 Å². The van der Waals surface area contributed by atoms with E-state index < -0.39 is 0 Å². The molecule has 1 fully saturated rings. The van der Waals surface area contributed by atoms with Crippen LogP contribution in [-0.2, 0) is 4.74 Å². The summed E-state index contributed by atoms with van der Waals surface area (Å²) in [6.45, 7) is 7.22. The van der Waals surface area contributed by atoms with Crippen LogP contribution in [0.5, 0.6) is 0 Å². The highest BCUT2D eigenvalue weighted by atomic mass is 16.5. The third kappa shape index (κ3) is 3.76. The molecule has 0 saturated heterocycles. The number of hydrogen-bond donors (Lipinski definition) is 1. The average Bonchev–Trinajstić information content (AvgIpc) is 2.30. The molecule has 2 heteroatoms. The van der Waals surface area contributed by atoms with E-state index in [1.165, 1.54) is 32.1 Å². The highest BCUT2D eigenvalue weighted by Crippen LogP contribution is 2.31. The number of hydrogen-bond acceptors (Lipinski definition) is 2. The Hall–Kier alpha value is -0.0800. The third-order valence-corrected chi connectivity index (χ3v) is 4.00. The highest BCUT2D eigenvalue weighted by Gasteiger charge is 2.28. The fourth-order valence-corrected chi connectivity index (χ4v) is 2.34. The van der Waals surface area contributed by atoms with Gasteiger partial charge in [0.2, 0.25) is 0 Å². The Kier molecular flexibility index (Phi) is 5.07. The molecule has 1 atom stereocenters. The normalized spacial score (nSPS) is 31.2. The van der Waals surface area contributed by atoms with Crippen molar-refractivity contribution < 1.29 is 4.74 Å². The van der Waals surface area contributed by atoms with E-state index in [1.807, 2.05) is 0 Å². The smallest absolute Gasteiger partial charge is 0.0777 e. The van der Waals surface area contributed by atoms with Crippen molar-refractivity contribution in [3.05, 3.63) is 0 Å². The van der Waals surface area contributed by atoms with Gasteiger partial charge in [0.15, 0.2) is 0 Å². The van der Waals surface area contributed by atoms with Crippen molar-refractivity contribution in [1.29, 1.82) is 0 Å². The molecule has 0 bridgehead atoms. The maximum atomic E-state index is 6.15. The van der Waals surface area contributed by atoms with Crippen LogP contribution in [0.2, 0.25) is 0 Å². The van der Waals surface area contributed by atoms with Crippen LogP contribution in [-0.4, -0.2) is 18.2 Å². The van der Waals surface area contributed by atoms with E-state index in [4.69, 9.17) is 10.5 Å². The average molecular weight is 213 g/mol. The summed E-state index contributed by atoms with van der Waals surface area (Å²) < 4.78 is 6.15. The number of nitrogens with two attached hydrogens (primary N) is 1. The summed E-state index contributed by atoms with van der Waals surface area (Å²) in [7, 11) is 0. The Morgan fingerprint density at radius 3 is 2.20 bits per heavy atom. The van der Waals surface area contributed by atoms with Gasteiger partial charge in [-0.15, -0.1) is 0 Å². The predicted octanol–water partition coefficient (Wildman–Crippen LogP) is 3.10. The van der Waals surface area contributed by atoms with E-state index in [2.05, 4.69) is 20.8 Å². The van der Waals surface area contributed by atoms with Gasteiger partial charge in [-0.05, 0) is 44.9 Å². The van der Waals surface area contributed by atoms with Crippen molar-refractivity contribution in [2.75, 3.05) is 6.54 Å². The molecule has 0 spiro atoms. The van der Waals surface area contributed by atoms with Crippen molar-refractivity contribution in [3.8, 4) is 0 Å². The zero-order valence-corrected chi connectivity index (χ0v) is 10.6. The lowest BCUT2D eigenvalue weighted by Crippen LogP contribution is -2.41. The summed E-state index contributed by atoms with van der Waals surface area (Å²) in [6, 6.07) is 0. The minimum atomic E-state index is -0.0935. The molecule has 0 aliphatic heterocycles. The second-order valence-corrected chi connectivity index (χ2v) is 5.18. The number of ether oxygens (including phenoxy) is 1. The van der Waals surface area contributed by atoms with E-state index in [1.54, 1.807) is 0 Å². The monoisotopic (exact) mass is 213 g/mol. The van der Waals surface area contributed by atoms with Crippen LogP contribution in [0.25, 0.3) is 0 Å². The lowest BCUT2D eigenvalue weighted by molar-refractivity contribution is -0.0956. The first-order valence-electron chi connectivity index (χ1n) is 6.51. The number of rotatable bonds is 5. The summed E-state index contributed by atoms with van der Waals surface area (Å²) >= 11 is 0. The first-order chi connectivity index (χ1) is 7.13. The molecule has 0 aromatic heterocycles. The van der Waals surface area contributed by atoms with Crippen LogP contribution >= 0.6 is 0 Å².